The number of nitrogens with zero attached hydrogens (tertiary/aromatic N) is 1. The summed E-state index contributed by atoms with van der Waals surface area (Å²) in [6.45, 7) is 4.22. The van der Waals surface area contributed by atoms with Crippen molar-refractivity contribution >= 4 is 33.2 Å². The van der Waals surface area contributed by atoms with E-state index in [2.05, 4.69) is 5.32 Å². The van der Waals surface area contributed by atoms with Crippen LogP contribution < -0.4 is 9.62 Å². The van der Waals surface area contributed by atoms with E-state index in [1.54, 1.807) is 12.1 Å². The summed E-state index contributed by atoms with van der Waals surface area (Å²) in [5.41, 5.74) is 2.66. The summed E-state index contributed by atoms with van der Waals surface area (Å²) >= 11 is 5.88. The summed E-state index contributed by atoms with van der Waals surface area (Å²) in [7, 11) is -3.60. The molecule has 0 aliphatic rings. The van der Waals surface area contributed by atoms with Gasteiger partial charge in [0.15, 0.2) is 0 Å². The van der Waals surface area contributed by atoms with E-state index in [1.807, 2.05) is 50.2 Å². The van der Waals surface area contributed by atoms with Crippen LogP contribution in [0.2, 0.25) is 5.02 Å². The summed E-state index contributed by atoms with van der Waals surface area (Å²) in [6.07, 6.45) is 3.07. The minimum Gasteiger partial charge on any atom is -0.354 e. The number of amides is 1. The second-order valence-corrected chi connectivity index (χ2v) is 9.14. The number of carbonyl (C=O) groups excluding carboxylic acids is 1. The fraction of sp³-hybridized carbons (Fsp3) is 0.381. The first-order chi connectivity index (χ1) is 13.2. The Morgan fingerprint density at radius 2 is 1.71 bits per heavy atom. The van der Waals surface area contributed by atoms with Gasteiger partial charge in [-0.05, 0) is 56.0 Å². The van der Waals surface area contributed by atoms with Crippen LogP contribution in [0.5, 0.6) is 0 Å². The van der Waals surface area contributed by atoms with Gasteiger partial charge in [0.1, 0.15) is 6.04 Å². The van der Waals surface area contributed by atoms with Gasteiger partial charge in [-0.1, -0.05) is 48.4 Å². The zero-order valence-electron chi connectivity index (χ0n) is 16.5. The molecule has 0 saturated heterocycles. The molecule has 0 aromatic heterocycles. The van der Waals surface area contributed by atoms with Gasteiger partial charge in [-0.3, -0.25) is 9.10 Å². The minimum absolute atomic E-state index is 0.287. The van der Waals surface area contributed by atoms with Gasteiger partial charge in [0.25, 0.3) is 0 Å². The number of rotatable bonds is 9. The smallest absolute Gasteiger partial charge is 0.243 e. The Balaban J connectivity index is 2.02. The maximum Gasteiger partial charge on any atom is 0.243 e. The van der Waals surface area contributed by atoms with Crippen LogP contribution in [0, 0.1) is 6.92 Å². The van der Waals surface area contributed by atoms with Crippen LogP contribution in [0.25, 0.3) is 0 Å². The van der Waals surface area contributed by atoms with Crippen molar-refractivity contribution in [3.63, 3.8) is 0 Å². The van der Waals surface area contributed by atoms with Crippen LogP contribution in [0.15, 0.2) is 48.5 Å². The minimum atomic E-state index is -3.60. The molecule has 7 heteroatoms. The third kappa shape index (κ3) is 6.24. The molecule has 2 aromatic rings. The summed E-state index contributed by atoms with van der Waals surface area (Å²) in [5, 5.41) is 3.57. The lowest BCUT2D eigenvalue weighted by molar-refractivity contribution is -0.122. The van der Waals surface area contributed by atoms with E-state index < -0.39 is 16.1 Å². The van der Waals surface area contributed by atoms with Crippen molar-refractivity contribution in [2.75, 3.05) is 17.1 Å². The molecule has 0 aliphatic heterocycles. The van der Waals surface area contributed by atoms with E-state index in [-0.39, 0.29) is 5.91 Å². The van der Waals surface area contributed by atoms with Crippen molar-refractivity contribution in [2.45, 2.75) is 39.2 Å². The van der Waals surface area contributed by atoms with Gasteiger partial charge in [-0.2, -0.15) is 0 Å². The fourth-order valence-corrected chi connectivity index (χ4v) is 4.36. The Kier molecular flexibility index (Phi) is 7.89. The van der Waals surface area contributed by atoms with Gasteiger partial charge < -0.3 is 5.32 Å². The van der Waals surface area contributed by atoms with Crippen LogP contribution in [-0.2, 0) is 21.2 Å². The number of halogens is 1. The van der Waals surface area contributed by atoms with E-state index in [9.17, 15) is 13.2 Å². The Morgan fingerprint density at radius 1 is 1.11 bits per heavy atom. The second kappa shape index (κ2) is 9.94. The third-order valence-corrected chi connectivity index (χ3v) is 5.90. The zero-order chi connectivity index (χ0) is 20.7. The van der Waals surface area contributed by atoms with Crippen LogP contribution in [-0.4, -0.2) is 33.2 Å². The first kappa shape index (κ1) is 22.2. The lowest BCUT2D eigenvalue weighted by atomic mass is 10.1. The molecule has 152 valence electrons. The van der Waals surface area contributed by atoms with Crippen LogP contribution in [0.1, 0.15) is 30.9 Å². The van der Waals surface area contributed by atoms with Crippen molar-refractivity contribution in [1.29, 1.82) is 0 Å². The van der Waals surface area contributed by atoms with E-state index in [0.29, 0.717) is 23.7 Å². The first-order valence-electron chi connectivity index (χ1n) is 9.30. The molecule has 0 heterocycles. The predicted octanol–water partition coefficient (Wildman–Crippen LogP) is 3.94. The average molecular weight is 423 g/mol. The quantitative estimate of drug-likeness (QED) is 0.622. The number of anilines is 1. The van der Waals surface area contributed by atoms with E-state index in [0.717, 1.165) is 30.2 Å². The fourth-order valence-electron chi connectivity index (χ4n) is 3.02. The standard InChI is InChI=1S/C21H27ClN2O3S/c1-4-20(24(28(3,26)27)19-13-7-16(2)8-14-19)21(25)23-15-5-6-17-9-11-18(22)12-10-17/h7-14,20H,4-6,15H2,1-3H3,(H,23,25)/t20-/m1/s1. The zero-order valence-corrected chi connectivity index (χ0v) is 18.1. The molecule has 28 heavy (non-hydrogen) atoms. The Morgan fingerprint density at radius 3 is 2.25 bits per heavy atom. The number of carbonyl (C=O) groups is 1. The van der Waals surface area contributed by atoms with Crippen LogP contribution in [0.4, 0.5) is 5.69 Å². The van der Waals surface area contributed by atoms with Crippen molar-refractivity contribution in [1.82, 2.24) is 5.32 Å². The molecule has 2 aromatic carbocycles. The van der Waals surface area contributed by atoms with Crippen LogP contribution in [0.3, 0.4) is 0 Å². The number of benzene rings is 2. The lowest BCUT2D eigenvalue weighted by Gasteiger charge is -2.30. The summed E-state index contributed by atoms with van der Waals surface area (Å²) in [5.74, 6) is -0.287. The maximum absolute atomic E-state index is 12.7. The largest absolute Gasteiger partial charge is 0.354 e. The average Bonchev–Trinajstić information content (AvgIpc) is 2.64. The highest BCUT2D eigenvalue weighted by molar-refractivity contribution is 7.92. The molecule has 0 spiro atoms. The van der Waals surface area contributed by atoms with Gasteiger partial charge in [-0.25, -0.2) is 8.42 Å². The van der Waals surface area contributed by atoms with Gasteiger partial charge in [0.05, 0.1) is 11.9 Å². The molecule has 0 radical (unpaired) electrons. The molecule has 1 atom stereocenters. The van der Waals surface area contributed by atoms with Crippen molar-refractivity contribution in [3.05, 3.63) is 64.7 Å². The predicted molar refractivity (Wildman–Crippen MR) is 115 cm³/mol. The molecular weight excluding hydrogens is 396 g/mol. The van der Waals surface area contributed by atoms with Crippen molar-refractivity contribution < 1.29 is 13.2 Å². The molecule has 0 bridgehead atoms. The topological polar surface area (TPSA) is 66.5 Å². The molecule has 1 amide bonds. The summed E-state index contributed by atoms with van der Waals surface area (Å²) in [6, 6.07) is 14.0. The molecule has 5 nitrogen and oxygen atoms in total. The second-order valence-electron chi connectivity index (χ2n) is 6.84. The maximum atomic E-state index is 12.7. The molecule has 0 fully saturated rings. The van der Waals surface area contributed by atoms with Crippen LogP contribution >= 0.6 is 11.6 Å². The Hall–Kier alpha value is -2.05. The van der Waals surface area contributed by atoms with E-state index >= 15 is 0 Å². The highest BCUT2D eigenvalue weighted by Gasteiger charge is 2.31. The van der Waals surface area contributed by atoms with E-state index in [1.165, 1.54) is 4.31 Å². The molecule has 0 aliphatic carbocycles. The Labute approximate surface area is 172 Å². The first-order valence-corrected chi connectivity index (χ1v) is 11.5. The van der Waals surface area contributed by atoms with Gasteiger partial charge in [0.2, 0.25) is 15.9 Å². The highest BCUT2D eigenvalue weighted by atomic mass is 35.5. The molecule has 2 rings (SSSR count). The third-order valence-electron chi connectivity index (χ3n) is 4.47. The van der Waals surface area contributed by atoms with E-state index in [4.69, 9.17) is 11.6 Å². The number of aryl methyl sites for hydroxylation is 2. The van der Waals surface area contributed by atoms with Crippen molar-refractivity contribution in [2.24, 2.45) is 0 Å². The molecule has 1 N–H and O–H groups in total. The summed E-state index contributed by atoms with van der Waals surface area (Å²) in [4.78, 5) is 12.7. The molecule has 0 unspecified atom stereocenters. The van der Waals surface area contributed by atoms with Crippen molar-refractivity contribution in [3.8, 4) is 0 Å². The van der Waals surface area contributed by atoms with Gasteiger partial charge in [0, 0.05) is 11.6 Å². The monoisotopic (exact) mass is 422 g/mol. The highest BCUT2D eigenvalue weighted by Crippen LogP contribution is 2.23. The van der Waals surface area contributed by atoms with Gasteiger partial charge in [-0.15, -0.1) is 0 Å². The number of hydrogen-bond donors (Lipinski definition) is 1. The number of hydrogen-bond acceptors (Lipinski definition) is 3. The number of nitrogens with one attached hydrogen (secondary N) is 1. The van der Waals surface area contributed by atoms with Gasteiger partial charge >= 0.3 is 0 Å². The normalized spacial score (nSPS) is 12.4. The summed E-state index contributed by atoms with van der Waals surface area (Å²) < 4.78 is 26.0. The SMILES string of the molecule is CC[C@H](C(=O)NCCCc1ccc(Cl)cc1)N(c1ccc(C)cc1)S(C)(=O)=O. The Bertz CT molecular complexity index is 881. The molecular formula is C21H27ClN2O3S. The lowest BCUT2D eigenvalue weighted by Crippen LogP contribution is -2.49. The molecule has 0 saturated carbocycles. The number of sulfonamides is 1.